The fourth-order valence-electron chi connectivity index (χ4n) is 1.98. The highest BCUT2D eigenvalue weighted by Gasteiger charge is 2.11. The quantitative estimate of drug-likeness (QED) is 0.904. The van der Waals surface area contributed by atoms with E-state index < -0.39 is 0 Å². The Balaban J connectivity index is 2.02. The number of amides is 1. The molecule has 1 aromatic carbocycles. The number of hydrogen-bond donors (Lipinski definition) is 1. The van der Waals surface area contributed by atoms with Crippen LogP contribution >= 0.6 is 22.9 Å². The molecule has 1 amide bonds. The Morgan fingerprint density at radius 1 is 1.35 bits per heavy atom. The summed E-state index contributed by atoms with van der Waals surface area (Å²) in [6.45, 7) is 0. The van der Waals surface area contributed by atoms with Crippen LogP contribution in [0.1, 0.15) is 12.0 Å². The van der Waals surface area contributed by atoms with Gasteiger partial charge < -0.3 is 10.2 Å². The van der Waals surface area contributed by atoms with E-state index in [1.54, 1.807) is 11.3 Å². The zero-order valence-corrected chi connectivity index (χ0v) is 13.1. The molecule has 2 rings (SSSR count). The molecular formula is C15H17ClN2OS. The van der Waals surface area contributed by atoms with Crippen molar-refractivity contribution >= 4 is 40.2 Å². The molecule has 0 atom stereocenters. The van der Waals surface area contributed by atoms with Gasteiger partial charge >= 0.3 is 0 Å². The van der Waals surface area contributed by atoms with Gasteiger partial charge in [0.25, 0.3) is 0 Å². The first-order chi connectivity index (χ1) is 9.58. The minimum atomic E-state index is 0.00145. The number of carbonyl (C=O) groups excluding carboxylic acids is 1. The van der Waals surface area contributed by atoms with Gasteiger partial charge in [-0.1, -0.05) is 17.7 Å². The number of rotatable bonds is 5. The molecule has 0 aliphatic heterocycles. The van der Waals surface area contributed by atoms with Crippen LogP contribution in [0.3, 0.4) is 0 Å². The molecule has 2 aromatic rings. The maximum atomic E-state index is 12.0. The summed E-state index contributed by atoms with van der Waals surface area (Å²) in [6, 6.07) is 7.56. The van der Waals surface area contributed by atoms with Crippen LogP contribution in [0, 0.1) is 0 Å². The number of nitrogens with one attached hydrogen (secondary N) is 1. The fraction of sp³-hybridized carbons (Fsp3) is 0.267. The second-order valence-electron chi connectivity index (χ2n) is 4.71. The van der Waals surface area contributed by atoms with Crippen molar-refractivity contribution in [1.82, 2.24) is 0 Å². The van der Waals surface area contributed by atoms with Gasteiger partial charge in [-0.3, -0.25) is 4.79 Å². The van der Waals surface area contributed by atoms with Gasteiger partial charge in [0, 0.05) is 20.5 Å². The Morgan fingerprint density at radius 3 is 2.80 bits per heavy atom. The van der Waals surface area contributed by atoms with Gasteiger partial charge in [0.05, 0.1) is 16.4 Å². The predicted octanol–water partition coefficient (Wildman–Crippen LogP) is 4.04. The SMILES string of the molecule is CN(C)c1c(Cl)cccc1NC(=O)CCc1ccsc1. The number of carbonyl (C=O) groups is 1. The molecule has 5 heteroatoms. The Hall–Kier alpha value is -1.52. The van der Waals surface area contributed by atoms with E-state index in [2.05, 4.69) is 10.7 Å². The van der Waals surface area contributed by atoms with Crippen LogP contribution in [0.2, 0.25) is 5.02 Å². The second kappa shape index (κ2) is 6.77. The summed E-state index contributed by atoms with van der Waals surface area (Å²) in [5.74, 6) is 0.00145. The first-order valence-corrected chi connectivity index (χ1v) is 7.67. The van der Waals surface area contributed by atoms with E-state index in [1.165, 1.54) is 5.56 Å². The highest BCUT2D eigenvalue weighted by molar-refractivity contribution is 7.07. The number of thiophene rings is 1. The summed E-state index contributed by atoms with van der Waals surface area (Å²) in [4.78, 5) is 13.9. The summed E-state index contributed by atoms with van der Waals surface area (Å²) < 4.78 is 0. The molecule has 1 heterocycles. The normalized spacial score (nSPS) is 10.3. The van der Waals surface area contributed by atoms with Crippen molar-refractivity contribution in [3.8, 4) is 0 Å². The van der Waals surface area contributed by atoms with Gasteiger partial charge in [0.1, 0.15) is 0 Å². The predicted molar refractivity (Wildman–Crippen MR) is 87.0 cm³/mol. The van der Waals surface area contributed by atoms with Crippen LogP contribution < -0.4 is 10.2 Å². The smallest absolute Gasteiger partial charge is 0.224 e. The summed E-state index contributed by atoms with van der Waals surface area (Å²) in [7, 11) is 3.81. The number of anilines is 2. The maximum absolute atomic E-state index is 12.0. The van der Waals surface area contributed by atoms with E-state index in [0.717, 1.165) is 17.8 Å². The molecule has 0 aliphatic rings. The van der Waals surface area contributed by atoms with Gasteiger partial charge in [-0.15, -0.1) is 0 Å². The maximum Gasteiger partial charge on any atom is 0.224 e. The molecule has 0 unspecified atom stereocenters. The van der Waals surface area contributed by atoms with Crippen LogP contribution in [0.15, 0.2) is 35.0 Å². The molecule has 3 nitrogen and oxygen atoms in total. The second-order valence-corrected chi connectivity index (χ2v) is 5.90. The highest BCUT2D eigenvalue weighted by atomic mass is 35.5. The fourth-order valence-corrected chi connectivity index (χ4v) is 3.02. The van der Waals surface area contributed by atoms with Crippen molar-refractivity contribution in [2.45, 2.75) is 12.8 Å². The summed E-state index contributed by atoms with van der Waals surface area (Å²) in [5, 5.41) is 7.65. The van der Waals surface area contributed by atoms with Crippen molar-refractivity contribution < 1.29 is 4.79 Å². The third-order valence-electron chi connectivity index (χ3n) is 2.93. The van der Waals surface area contributed by atoms with Crippen LogP contribution in [0.5, 0.6) is 0 Å². The Kier molecular flexibility index (Phi) is 5.04. The molecule has 106 valence electrons. The summed E-state index contributed by atoms with van der Waals surface area (Å²) in [5.41, 5.74) is 2.78. The van der Waals surface area contributed by atoms with E-state index in [1.807, 2.05) is 48.6 Å². The van der Waals surface area contributed by atoms with E-state index >= 15 is 0 Å². The molecular weight excluding hydrogens is 292 g/mol. The lowest BCUT2D eigenvalue weighted by Gasteiger charge is -2.19. The molecule has 0 radical (unpaired) electrons. The Labute approximate surface area is 128 Å². The van der Waals surface area contributed by atoms with E-state index in [0.29, 0.717) is 11.4 Å². The molecule has 0 aliphatic carbocycles. The van der Waals surface area contributed by atoms with E-state index in [9.17, 15) is 4.79 Å². The van der Waals surface area contributed by atoms with Gasteiger partial charge in [-0.2, -0.15) is 11.3 Å². The highest BCUT2D eigenvalue weighted by Crippen LogP contribution is 2.32. The average molecular weight is 309 g/mol. The minimum absolute atomic E-state index is 0.00145. The topological polar surface area (TPSA) is 32.3 Å². The van der Waals surface area contributed by atoms with Crippen LogP contribution in [0.4, 0.5) is 11.4 Å². The van der Waals surface area contributed by atoms with Gasteiger partial charge in [-0.05, 0) is 40.9 Å². The summed E-state index contributed by atoms with van der Waals surface area (Å²) in [6.07, 6.45) is 1.23. The zero-order valence-electron chi connectivity index (χ0n) is 11.5. The lowest BCUT2D eigenvalue weighted by Crippen LogP contribution is -2.17. The molecule has 1 N–H and O–H groups in total. The van der Waals surface area contributed by atoms with Crippen molar-refractivity contribution in [2.75, 3.05) is 24.3 Å². The van der Waals surface area contributed by atoms with Gasteiger partial charge in [-0.25, -0.2) is 0 Å². The lowest BCUT2D eigenvalue weighted by atomic mass is 10.2. The van der Waals surface area contributed by atoms with E-state index in [4.69, 9.17) is 11.6 Å². The number of halogens is 1. The molecule has 1 aromatic heterocycles. The van der Waals surface area contributed by atoms with Gasteiger partial charge in [0.2, 0.25) is 5.91 Å². The molecule has 20 heavy (non-hydrogen) atoms. The lowest BCUT2D eigenvalue weighted by molar-refractivity contribution is -0.116. The minimum Gasteiger partial charge on any atom is -0.375 e. The number of para-hydroxylation sites is 1. The van der Waals surface area contributed by atoms with E-state index in [-0.39, 0.29) is 5.91 Å². The Bertz CT molecular complexity index is 582. The largest absolute Gasteiger partial charge is 0.375 e. The van der Waals surface area contributed by atoms with Gasteiger partial charge in [0.15, 0.2) is 0 Å². The van der Waals surface area contributed by atoms with Crippen LogP contribution in [-0.2, 0) is 11.2 Å². The average Bonchev–Trinajstić information content (AvgIpc) is 2.89. The summed E-state index contributed by atoms with van der Waals surface area (Å²) >= 11 is 7.82. The van der Waals surface area contributed by atoms with Crippen LogP contribution in [-0.4, -0.2) is 20.0 Å². The van der Waals surface area contributed by atoms with Crippen molar-refractivity contribution in [1.29, 1.82) is 0 Å². The van der Waals surface area contributed by atoms with Crippen molar-refractivity contribution in [2.24, 2.45) is 0 Å². The monoisotopic (exact) mass is 308 g/mol. The first kappa shape index (κ1) is 14.9. The molecule has 0 spiro atoms. The Morgan fingerprint density at radius 2 is 2.15 bits per heavy atom. The number of aryl methyl sites for hydroxylation is 1. The zero-order chi connectivity index (χ0) is 14.5. The number of nitrogens with zero attached hydrogens (tertiary/aromatic N) is 1. The van der Waals surface area contributed by atoms with Crippen molar-refractivity contribution in [3.63, 3.8) is 0 Å². The third-order valence-corrected chi connectivity index (χ3v) is 3.97. The molecule has 0 bridgehead atoms. The molecule has 0 saturated carbocycles. The third kappa shape index (κ3) is 3.74. The number of benzene rings is 1. The van der Waals surface area contributed by atoms with Crippen LogP contribution in [0.25, 0.3) is 0 Å². The first-order valence-electron chi connectivity index (χ1n) is 6.34. The number of hydrogen-bond acceptors (Lipinski definition) is 3. The standard InChI is InChI=1S/C15H17ClN2OS/c1-18(2)15-12(16)4-3-5-13(15)17-14(19)7-6-11-8-9-20-10-11/h3-5,8-10H,6-7H2,1-2H3,(H,17,19). The molecule has 0 fully saturated rings. The molecule has 0 saturated heterocycles. The van der Waals surface area contributed by atoms with Crippen molar-refractivity contribution in [3.05, 3.63) is 45.6 Å².